The predicted molar refractivity (Wildman–Crippen MR) is 82.2 cm³/mol. The molecule has 5 heteroatoms. The van der Waals surface area contributed by atoms with Crippen LogP contribution in [0, 0.1) is 0 Å². The number of ether oxygens (including phenoxy) is 2. The molecule has 0 radical (unpaired) electrons. The van der Waals surface area contributed by atoms with E-state index in [2.05, 4.69) is 0 Å². The quantitative estimate of drug-likeness (QED) is 0.800. The lowest BCUT2D eigenvalue weighted by Crippen LogP contribution is -2.44. The Balaban J connectivity index is 1.71. The number of nitrogens with zero attached hydrogens (tertiary/aromatic N) is 1. The summed E-state index contributed by atoms with van der Waals surface area (Å²) in [6.07, 6.45) is 2.08. The van der Waals surface area contributed by atoms with E-state index in [1.807, 2.05) is 26.8 Å². The van der Waals surface area contributed by atoms with Crippen LogP contribution < -0.4 is 4.74 Å². The molecule has 1 aromatic carbocycles. The molecule has 1 amide bonds. The van der Waals surface area contributed by atoms with Crippen LogP contribution in [0.1, 0.15) is 39.2 Å². The highest BCUT2D eigenvalue weighted by Crippen LogP contribution is 2.41. The molecule has 0 aliphatic carbocycles. The van der Waals surface area contributed by atoms with Crippen molar-refractivity contribution in [2.75, 3.05) is 13.1 Å². The Hall–Kier alpha value is -1.91. The summed E-state index contributed by atoms with van der Waals surface area (Å²) < 4.78 is 11.6. The van der Waals surface area contributed by atoms with Crippen LogP contribution in [0.2, 0.25) is 0 Å². The van der Waals surface area contributed by atoms with Gasteiger partial charge in [0.1, 0.15) is 22.7 Å². The summed E-state index contributed by atoms with van der Waals surface area (Å²) in [4.78, 5) is 13.9. The molecule has 2 aliphatic rings. The fraction of sp³-hybridized carbons (Fsp3) is 0.588. The number of phenolic OH excluding ortho intramolecular Hbond substituents is 1. The Morgan fingerprint density at radius 1 is 1.36 bits per heavy atom. The highest BCUT2D eigenvalue weighted by Gasteiger charge is 2.45. The average Bonchev–Trinajstić information content (AvgIpc) is 2.81. The molecule has 5 nitrogen and oxygen atoms in total. The van der Waals surface area contributed by atoms with E-state index in [0.29, 0.717) is 13.1 Å². The van der Waals surface area contributed by atoms with Gasteiger partial charge in [0.25, 0.3) is 0 Å². The van der Waals surface area contributed by atoms with Crippen LogP contribution >= 0.6 is 0 Å². The van der Waals surface area contributed by atoms with E-state index in [-0.39, 0.29) is 17.4 Å². The minimum atomic E-state index is -0.487. The van der Waals surface area contributed by atoms with E-state index in [1.54, 1.807) is 17.0 Å². The molecular weight excluding hydrogens is 282 g/mol. The Labute approximate surface area is 130 Å². The van der Waals surface area contributed by atoms with Crippen molar-refractivity contribution in [1.29, 1.82) is 0 Å². The molecule has 0 unspecified atom stereocenters. The van der Waals surface area contributed by atoms with Gasteiger partial charge in [-0.2, -0.15) is 0 Å². The summed E-state index contributed by atoms with van der Waals surface area (Å²) >= 11 is 0. The normalized spacial score (nSPS) is 24.0. The summed E-state index contributed by atoms with van der Waals surface area (Å²) in [5.41, 5.74) is 0.0277. The monoisotopic (exact) mass is 305 g/mol. The van der Waals surface area contributed by atoms with E-state index in [9.17, 15) is 9.90 Å². The number of amides is 1. The minimum Gasteiger partial charge on any atom is -0.508 e. The molecule has 0 saturated carbocycles. The average molecular weight is 305 g/mol. The first-order valence-corrected chi connectivity index (χ1v) is 7.76. The van der Waals surface area contributed by atoms with Crippen molar-refractivity contribution in [3.63, 3.8) is 0 Å². The summed E-state index contributed by atoms with van der Waals surface area (Å²) in [6.45, 7) is 6.78. The Kier molecular flexibility index (Phi) is 3.46. The van der Waals surface area contributed by atoms with Crippen molar-refractivity contribution in [2.45, 2.75) is 51.2 Å². The Morgan fingerprint density at radius 2 is 2.14 bits per heavy atom. The lowest BCUT2D eigenvalue weighted by Gasteiger charge is -2.35. The van der Waals surface area contributed by atoms with Gasteiger partial charge in [0.15, 0.2) is 0 Å². The maximum Gasteiger partial charge on any atom is 0.410 e. The van der Waals surface area contributed by atoms with Crippen molar-refractivity contribution in [3.05, 3.63) is 23.8 Å². The fourth-order valence-corrected chi connectivity index (χ4v) is 3.15. The van der Waals surface area contributed by atoms with Crippen molar-refractivity contribution < 1.29 is 19.4 Å². The van der Waals surface area contributed by atoms with Gasteiger partial charge >= 0.3 is 6.09 Å². The predicted octanol–water partition coefficient (Wildman–Crippen LogP) is 3.10. The van der Waals surface area contributed by atoms with E-state index in [1.165, 1.54) is 0 Å². The van der Waals surface area contributed by atoms with Gasteiger partial charge in [-0.3, -0.25) is 0 Å². The van der Waals surface area contributed by atoms with Gasteiger partial charge in [-0.05, 0) is 45.7 Å². The first-order chi connectivity index (χ1) is 10.3. The highest BCUT2D eigenvalue weighted by molar-refractivity contribution is 5.68. The van der Waals surface area contributed by atoms with Crippen molar-refractivity contribution in [1.82, 2.24) is 4.90 Å². The van der Waals surface area contributed by atoms with Crippen LogP contribution in [0.4, 0.5) is 4.79 Å². The second-order valence-electron chi connectivity index (χ2n) is 7.19. The molecule has 0 bridgehead atoms. The Morgan fingerprint density at radius 3 is 2.86 bits per heavy atom. The van der Waals surface area contributed by atoms with Crippen molar-refractivity contribution in [3.8, 4) is 11.5 Å². The molecule has 0 aromatic heterocycles. The molecule has 2 aliphatic heterocycles. The zero-order valence-electron chi connectivity index (χ0n) is 13.4. The molecule has 1 spiro atoms. The first-order valence-electron chi connectivity index (χ1n) is 7.76. The third-order valence-corrected chi connectivity index (χ3v) is 4.23. The third-order valence-electron chi connectivity index (χ3n) is 4.23. The van der Waals surface area contributed by atoms with Crippen LogP contribution in [0.25, 0.3) is 0 Å². The summed E-state index contributed by atoms with van der Waals surface area (Å²) in [7, 11) is 0. The van der Waals surface area contributed by atoms with Crippen molar-refractivity contribution in [2.24, 2.45) is 0 Å². The number of rotatable bonds is 0. The number of hydrogen-bond acceptors (Lipinski definition) is 4. The standard InChI is InChI=1S/C17H23NO4/c1-16(2,3)22-15(20)18-10-9-17(11-18)8-7-12-13(19)5-4-6-14(12)21-17/h4-6,19H,7-11H2,1-3H3/t17-/m0/s1. The number of aromatic hydroxyl groups is 1. The maximum absolute atomic E-state index is 12.2. The summed E-state index contributed by atoms with van der Waals surface area (Å²) in [5, 5.41) is 9.89. The van der Waals surface area contributed by atoms with E-state index < -0.39 is 5.60 Å². The van der Waals surface area contributed by atoms with Gasteiger partial charge in [0.2, 0.25) is 0 Å². The van der Waals surface area contributed by atoms with Gasteiger partial charge in [0, 0.05) is 18.5 Å². The summed E-state index contributed by atoms with van der Waals surface area (Å²) in [5.74, 6) is 1.02. The Bertz CT molecular complexity index is 593. The van der Waals surface area contributed by atoms with Crippen LogP contribution in [0.3, 0.4) is 0 Å². The number of carbonyl (C=O) groups is 1. The lowest BCUT2D eigenvalue weighted by molar-refractivity contribution is 0.0169. The van der Waals surface area contributed by atoms with Crippen LogP contribution in [-0.2, 0) is 11.2 Å². The lowest BCUT2D eigenvalue weighted by atomic mass is 9.90. The second-order valence-corrected chi connectivity index (χ2v) is 7.19. The number of hydrogen-bond donors (Lipinski definition) is 1. The third kappa shape index (κ3) is 2.85. The van der Waals surface area contributed by atoms with Gasteiger partial charge in [-0.15, -0.1) is 0 Å². The van der Waals surface area contributed by atoms with Gasteiger partial charge in [0.05, 0.1) is 6.54 Å². The number of phenols is 1. The van der Waals surface area contributed by atoms with Crippen LogP contribution in [0.15, 0.2) is 18.2 Å². The molecule has 3 rings (SSSR count). The molecule has 1 saturated heterocycles. The van der Waals surface area contributed by atoms with Gasteiger partial charge in [-0.1, -0.05) is 6.07 Å². The number of likely N-dealkylation sites (tertiary alicyclic amines) is 1. The zero-order chi connectivity index (χ0) is 16.0. The molecule has 1 N–H and O–H groups in total. The number of benzene rings is 1. The molecular formula is C17H23NO4. The minimum absolute atomic E-state index is 0.283. The molecule has 2 heterocycles. The molecule has 22 heavy (non-hydrogen) atoms. The van der Waals surface area contributed by atoms with Crippen molar-refractivity contribution >= 4 is 6.09 Å². The number of fused-ring (bicyclic) bond motifs is 1. The van der Waals surface area contributed by atoms with Gasteiger partial charge < -0.3 is 19.5 Å². The number of carbonyl (C=O) groups excluding carboxylic acids is 1. The highest BCUT2D eigenvalue weighted by atomic mass is 16.6. The SMILES string of the molecule is CC(C)(C)OC(=O)N1CC[C@@]2(CCc3c(O)cccc3O2)C1. The van der Waals surface area contributed by atoms with E-state index in [4.69, 9.17) is 9.47 Å². The molecule has 1 atom stereocenters. The molecule has 1 fully saturated rings. The molecule has 1 aromatic rings. The smallest absolute Gasteiger partial charge is 0.410 e. The van der Waals surface area contributed by atoms with Crippen LogP contribution in [-0.4, -0.2) is 40.4 Å². The fourth-order valence-electron chi connectivity index (χ4n) is 3.15. The topological polar surface area (TPSA) is 59.0 Å². The van der Waals surface area contributed by atoms with Crippen LogP contribution in [0.5, 0.6) is 11.5 Å². The first kappa shape index (κ1) is 15.0. The molecule has 120 valence electrons. The maximum atomic E-state index is 12.2. The second kappa shape index (κ2) is 5.07. The van der Waals surface area contributed by atoms with E-state index >= 15 is 0 Å². The summed E-state index contributed by atoms with van der Waals surface area (Å²) in [6, 6.07) is 5.35. The van der Waals surface area contributed by atoms with E-state index in [0.717, 1.165) is 30.6 Å². The zero-order valence-corrected chi connectivity index (χ0v) is 13.4. The van der Waals surface area contributed by atoms with Gasteiger partial charge in [-0.25, -0.2) is 4.79 Å². The largest absolute Gasteiger partial charge is 0.508 e.